The Labute approximate surface area is 202 Å². The van der Waals surface area contributed by atoms with Crippen LogP contribution in [-0.2, 0) is 6.42 Å². The molecule has 0 unspecified atom stereocenters. The lowest BCUT2D eigenvalue weighted by Crippen LogP contribution is -2.17. The third-order valence-corrected chi connectivity index (χ3v) is 5.66. The zero-order chi connectivity index (χ0) is 24.0. The smallest absolute Gasteiger partial charge is 0.322 e. The molecule has 0 aliphatic rings. The summed E-state index contributed by atoms with van der Waals surface area (Å²) in [6.07, 6.45) is 3.91. The second-order valence-corrected chi connectivity index (χ2v) is 8.02. The van der Waals surface area contributed by atoms with Crippen molar-refractivity contribution >= 4 is 0 Å². The Morgan fingerprint density at radius 2 is 1.57 bits per heavy atom. The molecule has 3 aromatic carbocycles. The number of aliphatic hydroxyl groups excluding tert-OH is 1. The molecule has 0 amide bonds. The number of rotatable bonds is 8. The van der Waals surface area contributed by atoms with Crippen LogP contribution in [0.1, 0.15) is 11.6 Å². The first-order chi connectivity index (χ1) is 17.2. The van der Waals surface area contributed by atoms with Gasteiger partial charge in [0.25, 0.3) is 0 Å². The molecule has 6 nitrogen and oxygen atoms in total. The van der Waals surface area contributed by atoms with Crippen LogP contribution in [0.25, 0.3) is 22.6 Å². The van der Waals surface area contributed by atoms with Crippen LogP contribution >= 0.6 is 0 Å². The van der Waals surface area contributed by atoms with E-state index in [0.29, 0.717) is 29.3 Å². The summed E-state index contributed by atoms with van der Waals surface area (Å²) >= 11 is 0. The van der Waals surface area contributed by atoms with Crippen molar-refractivity contribution in [2.45, 2.75) is 12.5 Å². The second-order valence-electron chi connectivity index (χ2n) is 8.02. The summed E-state index contributed by atoms with van der Waals surface area (Å²) in [6, 6.07) is 27.1. The maximum absolute atomic E-state index is 13.6. The van der Waals surface area contributed by atoms with Crippen LogP contribution in [0.4, 0.5) is 4.39 Å². The predicted octanol–water partition coefficient (Wildman–Crippen LogP) is 5.71. The summed E-state index contributed by atoms with van der Waals surface area (Å²) in [5.74, 6) is 0.293. The van der Waals surface area contributed by atoms with Gasteiger partial charge < -0.3 is 14.4 Å². The number of hydrogen-bond acceptors (Lipinski definition) is 5. The van der Waals surface area contributed by atoms with Crippen LogP contribution in [0.3, 0.4) is 0 Å². The van der Waals surface area contributed by atoms with Crippen molar-refractivity contribution in [2.75, 3.05) is 6.61 Å². The Kier molecular flexibility index (Phi) is 6.59. The van der Waals surface area contributed by atoms with Gasteiger partial charge in [-0.15, -0.1) is 0 Å². The number of imidazole rings is 1. The number of para-hydroxylation sites is 1. The third-order valence-electron chi connectivity index (χ3n) is 5.66. The molecule has 7 heteroatoms. The molecule has 1 N–H and O–H groups in total. The Morgan fingerprint density at radius 1 is 0.857 bits per heavy atom. The first kappa shape index (κ1) is 22.4. The number of nitrogens with zero attached hydrogens (tertiary/aromatic N) is 4. The second kappa shape index (κ2) is 10.3. The molecule has 2 heterocycles. The van der Waals surface area contributed by atoms with E-state index in [1.165, 1.54) is 12.1 Å². The third kappa shape index (κ3) is 5.10. The van der Waals surface area contributed by atoms with Gasteiger partial charge in [0.15, 0.2) is 0 Å². The molecule has 2 aromatic heterocycles. The van der Waals surface area contributed by atoms with E-state index in [4.69, 9.17) is 4.74 Å². The lowest BCUT2D eigenvalue weighted by Gasteiger charge is -2.20. The highest BCUT2D eigenvalue weighted by atomic mass is 19.1. The molecule has 174 valence electrons. The van der Waals surface area contributed by atoms with Gasteiger partial charge in [-0.2, -0.15) is 4.98 Å². The van der Waals surface area contributed by atoms with Crippen molar-refractivity contribution < 1.29 is 14.2 Å². The van der Waals surface area contributed by atoms with Gasteiger partial charge in [-0.25, -0.2) is 14.4 Å². The summed E-state index contributed by atoms with van der Waals surface area (Å²) in [6.45, 7) is -0.0977. The zero-order valence-corrected chi connectivity index (χ0v) is 18.8. The van der Waals surface area contributed by atoms with Gasteiger partial charge in [0.2, 0.25) is 0 Å². The molecule has 0 radical (unpaired) electrons. The Bertz CT molecular complexity index is 1390. The summed E-state index contributed by atoms with van der Waals surface area (Å²) < 4.78 is 21.4. The highest BCUT2D eigenvalue weighted by molar-refractivity contribution is 5.77. The number of benzene rings is 3. The average Bonchev–Trinajstić information content (AvgIpc) is 3.34. The standard InChI is InChI=1S/C28H23FN4O2/c29-22-13-11-21(12-14-22)26-27(25-15-16-30-28(32-25)35-24-9-5-2-6-10-24)33(19-31-26)23(18-34)17-20-7-3-1-4-8-20/h1-16,19,23,34H,17-18H2/t23-/m1/s1. The monoisotopic (exact) mass is 466 g/mol. The molecule has 5 rings (SSSR count). The molecule has 0 fully saturated rings. The van der Waals surface area contributed by atoms with Crippen molar-refractivity contribution in [1.82, 2.24) is 19.5 Å². The first-order valence-electron chi connectivity index (χ1n) is 11.2. The number of aromatic nitrogens is 4. The number of halogens is 1. The highest BCUT2D eigenvalue weighted by Gasteiger charge is 2.22. The Morgan fingerprint density at radius 3 is 2.29 bits per heavy atom. The van der Waals surface area contributed by atoms with Gasteiger partial charge in [0.05, 0.1) is 36.1 Å². The minimum absolute atomic E-state index is 0.0977. The van der Waals surface area contributed by atoms with E-state index < -0.39 is 0 Å². The van der Waals surface area contributed by atoms with E-state index in [-0.39, 0.29) is 24.5 Å². The summed E-state index contributed by atoms with van der Waals surface area (Å²) in [7, 11) is 0. The van der Waals surface area contributed by atoms with Crippen LogP contribution in [-0.4, -0.2) is 31.2 Å². The molecule has 0 aliphatic heterocycles. The molecular formula is C28H23FN4O2. The molecule has 1 atom stereocenters. The Balaban J connectivity index is 1.59. The molecule has 5 aromatic rings. The van der Waals surface area contributed by atoms with Crippen molar-refractivity contribution in [2.24, 2.45) is 0 Å². The van der Waals surface area contributed by atoms with Gasteiger partial charge in [-0.1, -0.05) is 48.5 Å². The largest absolute Gasteiger partial charge is 0.424 e. The molecule has 0 bridgehead atoms. The topological polar surface area (TPSA) is 73.1 Å². The van der Waals surface area contributed by atoms with E-state index in [1.54, 1.807) is 30.7 Å². The van der Waals surface area contributed by atoms with Gasteiger partial charge in [0.1, 0.15) is 11.6 Å². The lowest BCUT2D eigenvalue weighted by atomic mass is 10.0. The maximum Gasteiger partial charge on any atom is 0.322 e. The molecule has 0 saturated heterocycles. The predicted molar refractivity (Wildman–Crippen MR) is 131 cm³/mol. The number of hydrogen-bond donors (Lipinski definition) is 1. The fourth-order valence-electron chi connectivity index (χ4n) is 3.96. The molecule has 0 spiro atoms. The summed E-state index contributed by atoms with van der Waals surface area (Å²) in [4.78, 5) is 13.6. The quantitative estimate of drug-likeness (QED) is 0.317. The van der Waals surface area contributed by atoms with Crippen molar-refractivity contribution in [3.8, 4) is 34.4 Å². The number of ether oxygens (including phenoxy) is 1. The van der Waals surface area contributed by atoms with E-state index in [9.17, 15) is 9.50 Å². The van der Waals surface area contributed by atoms with E-state index >= 15 is 0 Å². The first-order valence-corrected chi connectivity index (χ1v) is 11.2. The number of aliphatic hydroxyl groups is 1. The van der Waals surface area contributed by atoms with Gasteiger partial charge in [-0.3, -0.25) is 0 Å². The van der Waals surface area contributed by atoms with Crippen LogP contribution in [0.2, 0.25) is 0 Å². The van der Waals surface area contributed by atoms with Crippen LogP contribution in [0.5, 0.6) is 11.8 Å². The van der Waals surface area contributed by atoms with Crippen molar-refractivity contribution in [3.63, 3.8) is 0 Å². The van der Waals surface area contributed by atoms with Crippen LogP contribution < -0.4 is 4.74 Å². The maximum atomic E-state index is 13.6. The lowest BCUT2D eigenvalue weighted by molar-refractivity contribution is 0.228. The van der Waals surface area contributed by atoms with E-state index in [1.807, 2.05) is 65.2 Å². The van der Waals surface area contributed by atoms with Gasteiger partial charge in [-0.05, 0) is 54.4 Å². The minimum Gasteiger partial charge on any atom is -0.424 e. The summed E-state index contributed by atoms with van der Waals surface area (Å²) in [5.41, 5.74) is 3.72. The fourth-order valence-corrected chi connectivity index (χ4v) is 3.96. The Hall–Kier alpha value is -4.36. The SMILES string of the molecule is OC[C@@H](Cc1ccccc1)n1cnc(-c2ccc(F)cc2)c1-c1ccnc(Oc2ccccc2)n1. The normalized spacial score (nSPS) is 11.8. The van der Waals surface area contributed by atoms with Crippen molar-refractivity contribution in [1.29, 1.82) is 0 Å². The van der Waals surface area contributed by atoms with Crippen molar-refractivity contribution in [3.05, 3.63) is 115 Å². The highest BCUT2D eigenvalue weighted by Crippen LogP contribution is 2.34. The van der Waals surface area contributed by atoms with E-state index in [0.717, 1.165) is 11.1 Å². The van der Waals surface area contributed by atoms with Gasteiger partial charge in [0, 0.05) is 11.8 Å². The molecular weight excluding hydrogens is 443 g/mol. The fraction of sp³-hybridized carbons (Fsp3) is 0.107. The minimum atomic E-state index is -0.326. The molecule has 0 saturated carbocycles. The average molecular weight is 467 g/mol. The van der Waals surface area contributed by atoms with Gasteiger partial charge >= 0.3 is 6.01 Å². The molecule has 0 aliphatic carbocycles. The van der Waals surface area contributed by atoms with Crippen LogP contribution in [0, 0.1) is 5.82 Å². The van der Waals surface area contributed by atoms with Crippen LogP contribution in [0.15, 0.2) is 104 Å². The zero-order valence-electron chi connectivity index (χ0n) is 18.8. The molecule has 35 heavy (non-hydrogen) atoms. The van der Waals surface area contributed by atoms with E-state index in [2.05, 4.69) is 15.0 Å². The summed E-state index contributed by atoms with van der Waals surface area (Å²) in [5, 5.41) is 10.3.